The molecule has 0 radical (unpaired) electrons. The first-order chi connectivity index (χ1) is 13.0. The van der Waals surface area contributed by atoms with Gasteiger partial charge in [-0.1, -0.05) is 40.2 Å². The third-order valence-electron chi connectivity index (χ3n) is 5.83. The van der Waals surface area contributed by atoms with Crippen molar-refractivity contribution in [3.05, 3.63) is 58.3 Å². The quantitative estimate of drug-likeness (QED) is 0.422. The molecule has 2 fully saturated rings. The summed E-state index contributed by atoms with van der Waals surface area (Å²) >= 11 is 3.52. The van der Waals surface area contributed by atoms with Gasteiger partial charge in [0, 0.05) is 10.0 Å². The number of hydrogen-bond donors (Lipinski definition) is 0. The number of aryl methyl sites for hydroxylation is 1. The number of nitrogens with zero attached hydrogens (tertiary/aromatic N) is 2. The maximum atomic E-state index is 12.6. The van der Waals surface area contributed by atoms with Crippen molar-refractivity contribution in [3.63, 3.8) is 0 Å². The zero-order chi connectivity index (χ0) is 18.7. The van der Waals surface area contributed by atoms with Crippen LogP contribution >= 0.6 is 15.9 Å². The van der Waals surface area contributed by atoms with E-state index in [9.17, 15) is 9.59 Å². The summed E-state index contributed by atoms with van der Waals surface area (Å²) in [5, 5.41) is 5.19. The van der Waals surface area contributed by atoms with E-state index in [0.717, 1.165) is 27.0 Å². The molecule has 2 aromatic rings. The van der Waals surface area contributed by atoms with E-state index in [4.69, 9.17) is 4.42 Å². The highest BCUT2D eigenvalue weighted by molar-refractivity contribution is 9.10. The largest absolute Gasteiger partial charge is 0.455 e. The van der Waals surface area contributed by atoms with Gasteiger partial charge in [-0.2, -0.15) is 10.1 Å². The fraction of sp³-hybridized carbons (Fsp3) is 0.286. The van der Waals surface area contributed by atoms with Crippen molar-refractivity contribution in [3.8, 4) is 11.3 Å². The monoisotopic (exact) mass is 424 g/mol. The summed E-state index contributed by atoms with van der Waals surface area (Å²) in [5.74, 6) is 0.734. The van der Waals surface area contributed by atoms with Gasteiger partial charge in [0.1, 0.15) is 11.5 Å². The zero-order valence-corrected chi connectivity index (χ0v) is 16.2. The molecular weight excluding hydrogens is 408 g/mol. The summed E-state index contributed by atoms with van der Waals surface area (Å²) in [5.41, 5.74) is 2.09. The predicted octanol–water partition coefficient (Wildman–Crippen LogP) is 4.16. The lowest BCUT2D eigenvalue weighted by Gasteiger charge is -2.13. The number of allylic oxidation sites excluding steroid dienone is 2. The summed E-state index contributed by atoms with van der Waals surface area (Å²) in [6, 6.07) is 9.62. The highest BCUT2D eigenvalue weighted by Crippen LogP contribution is 2.52. The van der Waals surface area contributed by atoms with Crippen molar-refractivity contribution in [2.75, 3.05) is 0 Å². The molecule has 5 nitrogen and oxygen atoms in total. The number of fused-ring (bicyclic) bond motifs is 5. The minimum atomic E-state index is -0.235. The van der Waals surface area contributed by atoms with Gasteiger partial charge in [0.2, 0.25) is 0 Å². The van der Waals surface area contributed by atoms with Crippen LogP contribution in [0.25, 0.3) is 11.3 Å². The molecule has 5 rings (SSSR count). The number of benzene rings is 1. The minimum Gasteiger partial charge on any atom is -0.455 e. The normalized spacial score (nSPS) is 28.7. The Kier molecular flexibility index (Phi) is 3.72. The lowest BCUT2D eigenvalue weighted by molar-refractivity contribution is -0.140. The number of halogens is 1. The Morgan fingerprint density at radius 3 is 2.48 bits per heavy atom. The van der Waals surface area contributed by atoms with Crippen LogP contribution < -0.4 is 0 Å². The van der Waals surface area contributed by atoms with E-state index in [2.05, 4.69) is 33.2 Å². The first-order valence-electron chi connectivity index (χ1n) is 8.99. The molecule has 3 aliphatic rings. The Labute approximate surface area is 164 Å². The SMILES string of the molecule is Cc1ccc(-c2ccc(/C=N\N3C(=O)[C@H]4[C@H](C3=O)[C@H]3C=C[C@H]4C3)o2)cc1Br. The number of amides is 2. The van der Waals surface area contributed by atoms with E-state index in [1.807, 2.05) is 31.2 Å². The van der Waals surface area contributed by atoms with Crippen LogP contribution in [0.5, 0.6) is 0 Å². The second-order valence-corrected chi connectivity index (χ2v) is 8.25. The third kappa shape index (κ3) is 2.54. The molecule has 4 atom stereocenters. The predicted molar refractivity (Wildman–Crippen MR) is 104 cm³/mol. The summed E-state index contributed by atoms with van der Waals surface area (Å²) in [7, 11) is 0. The molecule has 2 bridgehead atoms. The Hall–Kier alpha value is -2.47. The van der Waals surface area contributed by atoms with Gasteiger partial charge in [0.05, 0.1) is 18.1 Å². The molecule has 2 heterocycles. The first kappa shape index (κ1) is 16.7. The van der Waals surface area contributed by atoms with Crippen molar-refractivity contribution in [2.45, 2.75) is 13.3 Å². The van der Waals surface area contributed by atoms with Crippen molar-refractivity contribution in [1.29, 1.82) is 0 Å². The van der Waals surface area contributed by atoms with E-state index in [1.165, 1.54) is 6.21 Å². The molecule has 1 saturated carbocycles. The van der Waals surface area contributed by atoms with E-state index in [0.29, 0.717) is 11.5 Å². The highest BCUT2D eigenvalue weighted by Gasteiger charge is 2.59. The van der Waals surface area contributed by atoms with Gasteiger partial charge >= 0.3 is 0 Å². The van der Waals surface area contributed by atoms with Gasteiger partial charge < -0.3 is 4.42 Å². The van der Waals surface area contributed by atoms with Crippen molar-refractivity contribution in [2.24, 2.45) is 28.8 Å². The number of imide groups is 1. The van der Waals surface area contributed by atoms with Crippen LogP contribution in [0.4, 0.5) is 0 Å². The zero-order valence-electron chi connectivity index (χ0n) is 14.6. The van der Waals surface area contributed by atoms with Crippen LogP contribution in [-0.2, 0) is 9.59 Å². The molecule has 0 unspecified atom stereocenters. The molecule has 0 spiro atoms. The van der Waals surface area contributed by atoms with Crippen LogP contribution in [0.15, 0.2) is 56.5 Å². The lowest BCUT2D eigenvalue weighted by Crippen LogP contribution is -2.28. The fourth-order valence-corrected chi connectivity index (χ4v) is 4.82. The Morgan fingerprint density at radius 1 is 1.11 bits per heavy atom. The molecule has 6 heteroatoms. The Balaban J connectivity index is 1.36. The van der Waals surface area contributed by atoms with Gasteiger partial charge in [-0.15, -0.1) is 0 Å². The second kappa shape index (κ2) is 6.02. The van der Waals surface area contributed by atoms with Gasteiger partial charge in [-0.3, -0.25) is 9.59 Å². The van der Waals surface area contributed by atoms with Crippen LogP contribution in [0.3, 0.4) is 0 Å². The fourth-order valence-electron chi connectivity index (χ4n) is 4.44. The van der Waals surface area contributed by atoms with Gasteiger partial charge in [-0.05, 0) is 48.9 Å². The molecule has 2 amide bonds. The molecule has 0 N–H and O–H groups in total. The maximum Gasteiger partial charge on any atom is 0.254 e. The number of rotatable bonds is 3. The summed E-state index contributed by atoms with van der Waals surface area (Å²) in [6.07, 6.45) is 6.50. The molecule has 1 aliphatic heterocycles. The number of carbonyl (C=O) groups excluding carboxylic acids is 2. The molecule has 27 heavy (non-hydrogen) atoms. The lowest BCUT2D eigenvalue weighted by atomic mass is 9.85. The summed E-state index contributed by atoms with van der Waals surface area (Å²) < 4.78 is 6.82. The maximum absolute atomic E-state index is 12.6. The third-order valence-corrected chi connectivity index (χ3v) is 6.68. The number of furan rings is 1. The minimum absolute atomic E-state index is 0.187. The van der Waals surface area contributed by atoms with Crippen LogP contribution in [0.2, 0.25) is 0 Å². The number of carbonyl (C=O) groups is 2. The van der Waals surface area contributed by atoms with Crippen LogP contribution in [-0.4, -0.2) is 23.0 Å². The molecular formula is C21H17BrN2O3. The molecule has 2 aliphatic carbocycles. The van der Waals surface area contributed by atoms with Crippen molar-refractivity contribution in [1.82, 2.24) is 5.01 Å². The average Bonchev–Trinajstić information content (AvgIpc) is 3.41. The van der Waals surface area contributed by atoms with E-state index >= 15 is 0 Å². The molecule has 1 saturated heterocycles. The molecule has 1 aromatic heterocycles. The second-order valence-electron chi connectivity index (χ2n) is 7.40. The Bertz CT molecular complexity index is 992. The topological polar surface area (TPSA) is 62.9 Å². The molecule has 1 aromatic carbocycles. The average molecular weight is 425 g/mol. The summed E-state index contributed by atoms with van der Waals surface area (Å²) in [6.45, 7) is 2.02. The smallest absolute Gasteiger partial charge is 0.254 e. The Morgan fingerprint density at radius 2 is 1.81 bits per heavy atom. The van der Waals surface area contributed by atoms with Crippen LogP contribution in [0.1, 0.15) is 17.7 Å². The number of hydrazone groups is 1. The van der Waals surface area contributed by atoms with Crippen molar-refractivity contribution >= 4 is 34.0 Å². The van der Waals surface area contributed by atoms with Gasteiger partial charge in [-0.25, -0.2) is 0 Å². The molecule has 136 valence electrons. The highest BCUT2D eigenvalue weighted by atomic mass is 79.9. The van der Waals surface area contributed by atoms with E-state index in [1.54, 1.807) is 6.07 Å². The van der Waals surface area contributed by atoms with Crippen LogP contribution in [0, 0.1) is 30.6 Å². The standard InChI is InChI=1S/C21H17BrN2O3/c1-11-2-3-12(9-16(11)22)17-7-6-15(27-17)10-23-24-20(25)18-13-4-5-14(8-13)19(18)21(24)26/h2-7,9-10,13-14,18-19H,8H2,1H3/b23-10-/t13-,14-,18+,19+/m0/s1. The van der Waals surface area contributed by atoms with Gasteiger partial charge in [0.15, 0.2) is 0 Å². The summed E-state index contributed by atoms with van der Waals surface area (Å²) in [4.78, 5) is 25.3. The van der Waals surface area contributed by atoms with Gasteiger partial charge in [0.25, 0.3) is 11.8 Å². The van der Waals surface area contributed by atoms with Crippen molar-refractivity contribution < 1.29 is 14.0 Å². The van der Waals surface area contributed by atoms with E-state index in [-0.39, 0.29) is 35.5 Å². The number of hydrogen-bond acceptors (Lipinski definition) is 4. The van der Waals surface area contributed by atoms with E-state index < -0.39 is 0 Å². The first-order valence-corrected chi connectivity index (χ1v) is 9.79.